The Morgan fingerprint density at radius 2 is 2.19 bits per heavy atom. The molecule has 110 valence electrons. The molecule has 0 amide bonds. The molecule has 0 aliphatic heterocycles. The molecule has 0 fully saturated rings. The van der Waals surface area contributed by atoms with Gasteiger partial charge in [0.25, 0.3) is 0 Å². The minimum atomic E-state index is 0.0715. The zero-order valence-electron chi connectivity index (χ0n) is 12.3. The van der Waals surface area contributed by atoms with Crippen LogP contribution in [-0.4, -0.2) is 19.9 Å². The largest absolute Gasteiger partial charge is 0.306 e. The van der Waals surface area contributed by atoms with Gasteiger partial charge in [-0.1, -0.05) is 6.07 Å². The van der Waals surface area contributed by atoms with E-state index in [1.54, 1.807) is 23.1 Å². The van der Waals surface area contributed by atoms with Crippen molar-refractivity contribution in [2.24, 2.45) is 0 Å². The van der Waals surface area contributed by atoms with Crippen LogP contribution in [0.4, 0.5) is 0 Å². The van der Waals surface area contributed by atoms with Crippen LogP contribution in [0.3, 0.4) is 0 Å². The van der Waals surface area contributed by atoms with Crippen LogP contribution in [0.1, 0.15) is 26.5 Å². The number of rotatable bonds is 4. The van der Waals surface area contributed by atoms with E-state index in [2.05, 4.69) is 41.7 Å². The number of fused-ring (bicyclic) bond motifs is 1. The molecule has 0 unspecified atom stereocenters. The maximum absolute atomic E-state index is 4.74. The van der Waals surface area contributed by atoms with Gasteiger partial charge in [-0.2, -0.15) is 0 Å². The van der Waals surface area contributed by atoms with E-state index < -0.39 is 0 Å². The van der Waals surface area contributed by atoms with Crippen molar-refractivity contribution in [3.63, 3.8) is 0 Å². The molecular formula is C15H18N4S2. The van der Waals surface area contributed by atoms with Crippen molar-refractivity contribution in [2.75, 3.05) is 0 Å². The van der Waals surface area contributed by atoms with Gasteiger partial charge < -0.3 is 9.72 Å². The summed E-state index contributed by atoms with van der Waals surface area (Å²) in [6.07, 6.45) is 3.89. The summed E-state index contributed by atoms with van der Waals surface area (Å²) < 4.78 is 3.17. The SMILES string of the molecule is CC(C)(C)NCc1c(Sc2nccs2)nc2ccccn12. The number of nitrogens with zero attached hydrogens (tertiary/aromatic N) is 3. The Bertz CT molecular complexity index is 726. The Labute approximate surface area is 132 Å². The summed E-state index contributed by atoms with van der Waals surface area (Å²) in [6, 6.07) is 6.08. The Morgan fingerprint density at radius 3 is 2.90 bits per heavy atom. The van der Waals surface area contributed by atoms with Crippen LogP contribution in [0, 0.1) is 0 Å². The molecule has 3 aromatic rings. The van der Waals surface area contributed by atoms with E-state index in [0.717, 1.165) is 21.6 Å². The smallest absolute Gasteiger partial charge is 0.156 e. The lowest BCUT2D eigenvalue weighted by atomic mass is 10.1. The molecule has 1 N–H and O–H groups in total. The summed E-state index contributed by atoms with van der Waals surface area (Å²) in [4.78, 5) is 9.08. The number of aromatic nitrogens is 3. The van der Waals surface area contributed by atoms with Gasteiger partial charge in [0.05, 0.1) is 5.69 Å². The Hall–Kier alpha value is -1.37. The number of hydrogen-bond donors (Lipinski definition) is 1. The van der Waals surface area contributed by atoms with Gasteiger partial charge in [-0.3, -0.25) is 0 Å². The fourth-order valence-electron chi connectivity index (χ4n) is 1.96. The average molecular weight is 318 g/mol. The van der Waals surface area contributed by atoms with Crippen LogP contribution < -0.4 is 5.32 Å². The molecule has 3 rings (SSSR count). The van der Waals surface area contributed by atoms with Gasteiger partial charge in [-0.25, -0.2) is 9.97 Å². The highest BCUT2D eigenvalue weighted by atomic mass is 32.2. The van der Waals surface area contributed by atoms with E-state index in [-0.39, 0.29) is 5.54 Å². The molecule has 0 aliphatic rings. The first-order valence-corrected chi connectivity index (χ1v) is 8.51. The molecule has 0 aromatic carbocycles. The summed E-state index contributed by atoms with van der Waals surface area (Å²) in [6.45, 7) is 7.29. The summed E-state index contributed by atoms with van der Waals surface area (Å²) in [7, 11) is 0. The summed E-state index contributed by atoms with van der Waals surface area (Å²) in [5, 5.41) is 6.56. The highest BCUT2D eigenvalue weighted by molar-refractivity contribution is 8.01. The first kappa shape index (κ1) is 14.6. The second-order valence-corrected chi connectivity index (χ2v) is 7.93. The van der Waals surface area contributed by atoms with Gasteiger partial charge in [-0.15, -0.1) is 11.3 Å². The van der Waals surface area contributed by atoms with Crippen LogP contribution in [0.5, 0.6) is 0 Å². The topological polar surface area (TPSA) is 42.2 Å². The molecule has 3 heterocycles. The zero-order valence-corrected chi connectivity index (χ0v) is 14.0. The molecule has 0 bridgehead atoms. The van der Waals surface area contributed by atoms with Gasteiger partial charge >= 0.3 is 0 Å². The highest BCUT2D eigenvalue weighted by Gasteiger charge is 2.17. The standard InChI is InChI=1S/C15H18N4S2/c1-15(2,3)17-10-11-13(21-14-16-7-9-20-14)18-12-6-4-5-8-19(11)12/h4-9,17H,10H2,1-3H3. The van der Waals surface area contributed by atoms with Crippen LogP contribution in [0.15, 0.2) is 45.3 Å². The van der Waals surface area contributed by atoms with E-state index in [0.29, 0.717) is 0 Å². The van der Waals surface area contributed by atoms with E-state index in [4.69, 9.17) is 4.98 Å². The first-order valence-electron chi connectivity index (χ1n) is 6.81. The Balaban J connectivity index is 1.97. The molecule has 6 heteroatoms. The Kier molecular flexibility index (Phi) is 4.01. The van der Waals surface area contributed by atoms with Gasteiger partial charge in [0.1, 0.15) is 10.7 Å². The molecule has 4 nitrogen and oxygen atoms in total. The van der Waals surface area contributed by atoms with Crippen LogP contribution in [0.2, 0.25) is 0 Å². The Morgan fingerprint density at radius 1 is 1.33 bits per heavy atom. The second-order valence-electron chi connectivity index (χ2n) is 5.80. The predicted molar refractivity (Wildman–Crippen MR) is 88.0 cm³/mol. The highest BCUT2D eigenvalue weighted by Crippen LogP contribution is 2.31. The van der Waals surface area contributed by atoms with Gasteiger partial charge in [0.15, 0.2) is 4.34 Å². The lowest BCUT2D eigenvalue weighted by molar-refractivity contribution is 0.418. The number of imidazole rings is 1. The van der Waals surface area contributed by atoms with Crippen molar-refractivity contribution in [3.05, 3.63) is 41.7 Å². The third-order valence-corrected chi connectivity index (χ3v) is 4.88. The average Bonchev–Trinajstić information content (AvgIpc) is 3.03. The van der Waals surface area contributed by atoms with E-state index in [1.165, 1.54) is 5.69 Å². The van der Waals surface area contributed by atoms with Crippen molar-refractivity contribution in [1.29, 1.82) is 0 Å². The summed E-state index contributed by atoms with van der Waals surface area (Å²) in [5.74, 6) is 0. The molecule has 21 heavy (non-hydrogen) atoms. The van der Waals surface area contributed by atoms with E-state index in [1.807, 2.05) is 29.8 Å². The van der Waals surface area contributed by atoms with Crippen molar-refractivity contribution in [1.82, 2.24) is 19.7 Å². The lowest BCUT2D eigenvalue weighted by Gasteiger charge is -2.20. The van der Waals surface area contributed by atoms with Crippen molar-refractivity contribution in [2.45, 2.75) is 42.2 Å². The zero-order chi connectivity index (χ0) is 14.9. The number of nitrogens with one attached hydrogen (secondary N) is 1. The minimum Gasteiger partial charge on any atom is -0.306 e. The van der Waals surface area contributed by atoms with E-state index >= 15 is 0 Å². The molecule has 0 atom stereocenters. The molecule has 0 aliphatic carbocycles. The maximum Gasteiger partial charge on any atom is 0.156 e. The molecule has 0 radical (unpaired) electrons. The van der Waals surface area contributed by atoms with Crippen molar-refractivity contribution < 1.29 is 0 Å². The number of thiazole rings is 1. The van der Waals surface area contributed by atoms with Crippen LogP contribution in [0.25, 0.3) is 5.65 Å². The maximum atomic E-state index is 4.74. The third-order valence-electron chi connectivity index (χ3n) is 2.97. The fraction of sp³-hybridized carbons (Fsp3) is 0.333. The number of pyridine rings is 1. The minimum absolute atomic E-state index is 0.0715. The van der Waals surface area contributed by atoms with Gasteiger partial charge in [0.2, 0.25) is 0 Å². The third kappa shape index (κ3) is 3.45. The molecule has 0 spiro atoms. The van der Waals surface area contributed by atoms with Crippen molar-refractivity contribution >= 4 is 28.7 Å². The second kappa shape index (κ2) is 5.79. The van der Waals surface area contributed by atoms with Gasteiger partial charge in [0, 0.05) is 29.9 Å². The fourth-order valence-corrected chi connectivity index (χ4v) is 3.62. The molecule has 0 saturated carbocycles. The predicted octanol–water partition coefficient (Wildman–Crippen LogP) is 3.83. The summed E-state index contributed by atoms with van der Waals surface area (Å²) in [5.41, 5.74) is 2.23. The van der Waals surface area contributed by atoms with Crippen molar-refractivity contribution in [3.8, 4) is 0 Å². The normalized spacial score (nSPS) is 12.1. The molecule has 0 saturated heterocycles. The summed E-state index contributed by atoms with van der Waals surface area (Å²) >= 11 is 3.27. The lowest BCUT2D eigenvalue weighted by Crippen LogP contribution is -2.35. The number of hydrogen-bond acceptors (Lipinski definition) is 5. The molecule has 3 aromatic heterocycles. The van der Waals surface area contributed by atoms with Crippen LogP contribution >= 0.6 is 23.1 Å². The first-order chi connectivity index (χ1) is 10.0. The van der Waals surface area contributed by atoms with Gasteiger partial charge in [-0.05, 0) is 44.7 Å². The quantitative estimate of drug-likeness (QED) is 0.794. The monoisotopic (exact) mass is 318 g/mol. The molecular weight excluding hydrogens is 300 g/mol. The van der Waals surface area contributed by atoms with Crippen LogP contribution in [-0.2, 0) is 6.54 Å². The van der Waals surface area contributed by atoms with E-state index in [9.17, 15) is 0 Å².